The number of amides is 1. The van der Waals surface area contributed by atoms with Gasteiger partial charge in [0.05, 0.1) is 0 Å². The van der Waals surface area contributed by atoms with Gasteiger partial charge in [-0.1, -0.05) is 20.3 Å². The molecular formula is C13H23NO2. The number of nitrogens with one attached hydrogen (secondary N) is 1. The van der Waals surface area contributed by atoms with Crippen LogP contribution in [0.25, 0.3) is 0 Å². The maximum absolute atomic E-state index is 11.6. The monoisotopic (exact) mass is 225 g/mol. The molecule has 0 aromatic carbocycles. The largest absolute Gasteiger partial charge is 0.354 e. The van der Waals surface area contributed by atoms with Gasteiger partial charge in [0, 0.05) is 18.4 Å². The highest BCUT2D eigenvalue weighted by atomic mass is 16.1. The van der Waals surface area contributed by atoms with Crippen molar-refractivity contribution in [2.45, 2.75) is 59.4 Å². The van der Waals surface area contributed by atoms with Crippen molar-refractivity contribution in [2.24, 2.45) is 11.3 Å². The standard InChI is InChI=1S/C13H23NO2/c1-9(15)13(3,4)11-6-5-7-12(8-11)14-10(2)16/h11-12H,5-8H2,1-4H3,(H,14,16)/t11-,12+/m1/s1. The Morgan fingerprint density at radius 1 is 1.19 bits per heavy atom. The third kappa shape index (κ3) is 3.06. The van der Waals surface area contributed by atoms with E-state index in [1.54, 1.807) is 13.8 Å². The lowest BCUT2D eigenvalue weighted by atomic mass is 9.68. The average molecular weight is 225 g/mol. The van der Waals surface area contributed by atoms with E-state index in [-0.39, 0.29) is 23.1 Å². The zero-order valence-electron chi connectivity index (χ0n) is 10.8. The van der Waals surface area contributed by atoms with Crippen LogP contribution < -0.4 is 5.32 Å². The lowest BCUT2D eigenvalue weighted by Gasteiger charge is -2.38. The summed E-state index contributed by atoms with van der Waals surface area (Å²) < 4.78 is 0. The van der Waals surface area contributed by atoms with Gasteiger partial charge in [0.15, 0.2) is 0 Å². The van der Waals surface area contributed by atoms with Crippen molar-refractivity contribution in [1.29, 1.82) is 0 Å². The first kappa shape index (κ1) is 13.2. The zero-order chi connectivity index (χ0) is 12.3. The van der Waals surface area contributed by atoms with Crippen molar-refractivity contribution in [2.75, 3.05) is 0 Å². The SMILES string of the molecule is CC(=O)N[C@H]1CCC[C@@H](C(C)(C)C(C)=O)C1. The Hall–Kier alpha value is -0.860. The molecule has 1 N–H and O–H groups in total. The molecule has 0 unspecified atom stereocenters. The van der Waals surface area contributed by atoms with Crippen molar-refractivity contribution in [3.8, 4) is 0 Å². The van der Waals surface area contributed by atoms with Gasteiger partial charge in [-0.3, -0.25) is 9.59 Å². The van der Waals surface area contributed by atoms with Gasteiger partial charge in [-0.25, -0.2) is 0 Å². The highest BCUT2D eigenvalue weighted by Gasteiger charge is 2.37. The molecule has 0 spiro atoms. The fourth-order valence-corrected chi connectivity index (χ4v) is 2.55. The second-order valence-corrected chi connectivity index (χ2v) is 5.54. The molecule has 0 bridgehead atoms. The Balaban J connectivity index is 2.63. The molecule has 2 atom stereocenters. The van der Waals surface area contributed by atoms with Gasteiger partial charge in [-0.15, -0.1) is 0 Å². The molecule has 0 aromatic heterocycles. The quantitative estimate of drug-likeness (QED) is 0.801. The maximum atomic E-state index is 11.6. The van der Waals surface area contributed by atoms with Crippen molar-refractivity contribution in [3.05, 3.63) is 0 Å². The summed E-state index contributed by atoms with van der Waals surface area (Å²) in [5.74, 6) is 0.683. The lowest BCUT2D eigenvalue weighted by Crippen LogP contribution is -2.42. The summed E-state index contributed by atoms with van der Waals surface area (Å²) in [6, 6.07) is 0.259. The molecule has 0 aliphatic heterocycles. The second kappa shape index (κ2) is 4.98. The van der Waals surface area contributed by atoms with Crippen molar-refractivity contribution < 1.29 is 9.59 Å². The minimum Gasteiger partial charge on any atom is -0.354 e. The summed E-state index contributed by atoms with van der Waals surface area (Å²) in [5, 5.41) is 2.97. The number of ketones is 1. The maximum Gasteiger partial charge on any atom is 0.217 e. The van der Waals surface area contributed by atoms with Crippen LogP contribution in [0.4, 0.5) is 0 Å². The first-order chi connectivity index (χ1) is 7.34. The number of carbonyl (C=O) groups excluding carboxylic acids is 2. The molecule has 1 aliphatic carbocycles. The molecule has 0 heterocycles. The Kier molecular flexibility index (Phi) is 4.11. The number of hydrogen-bond acceptors (Lipinski definition) is 2. The molecule has 0 saturated heterocycles. The fourth-order valence-electron chi connectivity index (χ4n) is 2.55. The van der Waals surface area contributed by atoms with Crippen LogP contribution in [0.3, 0.4) is 0 Å². The van der Waals surface area contributed by atoms with Crippen LogP contribution in [-0.2, 0) is 9.59 Å². The highest BCUT2D eigenvalue weighted by Crippen LogP contribution is 2.38. The van der Waals surface area contributed by atoms with E-state index in [9.17, 15) is 9.59 Å². The minimum atomic E-state index is -0.253. The lowest BCUT2D eigenvalue weighted by molar-refractivity contribution is -0.128. The second-order valence-electron chi connectivity index (χ2n) is 5.54. The summed E-state index contributed by atoms with van der Waals surface area (Å²) >= 11 is 0. The van der Waals surface area contributed by atoms with Crippen LogP contribution >= 0.6 is 0 Å². The van der Waals surface area contributed by atoms with Gasteiger partial charge >= 0.3 is 0 Å². The highest BCUT2D eigenvalue weighted by molar-refractivity contribution is 5.81. The van der Waals surface area contributed by atoms with E-state index in [2.05, 4.69) is 5.32 Å². The number of carbonyl (C=O) groups is 2. The Bertz CT molecular complexity index is 284. The molecule has 92 valence electrons. The minimum absolute atomic E-state index is 0.0336. The summed E-state index contributed by atoms with van der Waals surface area (Å²) in [4.78, 5) is 22.6. The topological polar surface area (TPSA) is 46.2 Å². The van der Waals surface area contributed by atoms with E-state index < -0.39 is 0 Å². The van der Waals surface area contributed by atoms with Gasteiger partial charge in [0.25, 0.3) is 0 Å². The van der Waals surface area contributed by atoms with Gasteiger partial charge in [0.1, 0.15) is 5.78 Å². The van der Waals surface area contributed by atoms with Gasteiger partial charge < -0.3 is 5.32 Å². The van der Waals surface area contributed by atoms with E-state index >= 15 is 0 Å². The van der Waals surface area contributed by atoms with Crippen LogP contribution in [0, 0.1) is 11.3 Å². The molecular weight excluding hydrogens is 202 g/mol. The normalized spacial score (nSPS) is 26.2. The van der Waals surface area contributed by atoms with Gasteiger partial charge in [-0.2, -0.15) is 0 Å². The Morgan fingerprint density at radius 3 is 2.31 bits per heavy atom. The third-order valence-corrected chi connectivity index (χ3v) is 4.01. The molecule has 3 nitrogen and oxygen atoms in total. The van der Waals surface area contributed by atoms with Gasteiger partial charge in [-0.05, 0) is 32.1 Å². The molecule has 1 rings (SSSR count). The predicted octanol–water partition coefficient (Wildman–Crippen LogP) is 2.30. The zero-order valence-corrected chi connectivity index (χ0v) is 10.8. The Morgan fingerprint density at radius 2 is 1.81 bits per heavy atom. The van der Waals surface area contributed by atoms with Crippen LogP contribution in [0.2, 0.25) is 0 Å². The van der Waals surface area contributed by atoms with E-state index in [1.807, 2.05) is 13.8 Å². The molecule has 1 amide bonds. The van der Waals surface area contributed by atoms with Crippen LogP contribution in [0.1, 0.15) is 53.4 Å². The van der Waals surface area contributed by atoms with Gasteiger partial charge in [0.2, 0.25) is 5.91 Å². The Labute approximate surface area is 98.0 Å². The molecule has 1 fully saturated rings. The first-order valence-corrected chi connectivity index (χ1v) is 6.12. The molecule has 0 radical (unpaired) electrons. The van der Waals surface area contributed by atoms with Crippen molar-refractivity contribution in [1.82, 2.24) is 5.32 Å². The first-order valence-electron chi connectivity index (χ1n) is 6.12. The predicted molar refractivity (Wildman–Crippen MR) is 64.0 cm³/mol. The molecule has 3 heteroatoms. The van der Waals surface area contributed by atoms with Crippen molar-refractivity contribution >= 4 is 11.7 Å². The number of rotatable bonds is 3. The van der Waals surface area contributed by atoms with Crippen LogP contribution in [0.5, 0.6) is 0 Å². The molecule has 0 aromatic rings. The van der Waals surface area contributed by atoms with Crippen molar-refractivity contribution in [3.63, 3.8) is 0 Å². The summed E-state index contributed by atoms with van der Waals surface area (Å²) in [7, 11) is 0. The van der Waals surface area contributed by atoms with E-state index in [4.69, 9.17) is 0 Å². The average Bonchev–Trinajstić information content (AvgIpc) is 2.16. The van der Waals surface area contributed by atoms with Crippen LogP contribution in [-0.4, -0.2) is 17.7 Å². The third-order valence-electron chi connectivity index (χ3n) is 4.01. The summed E-state index contributed by atoms with van der Waals surface area (Å²) in [5.41, 5.74) is -0.253. The summed E-state index contributed by atoms with van der Waals surface area (Å²) in [6.45, 7) is 7.27. The van der Waals surface area contributed by atoms with Crippen LogP contribution in [0.15, 0.2) is 0 Å². The molecule has 1 aliphatic rings. The fraction of sp³-hybridized carbons (Fsp3) is 0.846. The van der Waals surface area contributed by atoms with E-state index in [0.717, 1.165) is 25.7 Å². The molecule has 16 heavy (non-hydrogen) atoms. The molecule has 1 saturated carbocycles. The number of Topliss-reactive ketones (excluding diaryl/α,β-unsaturated/α-hetero) is 1. The summed E-state index contributed by atoms with van der Waals surface area (Å²) in [6.07, 6.45) is 4.19. The smallest absolute Gasteiger partial charge is 0.217 e. The van der Waals surface area contributed by atoms with E-state index in [0.29, 0.717) is 5.92 Å². The van der Waals surface area contributed by atoms with E-state index in [1.165, 1.54) is 0 Å². The number of hydrogen-bond donors (Lipinski definition) is 1.